The van der Waals surface area contributed by atoms with E-state index in [9.17, 15) is 0 Å². The number of hydrogen-bond acceptors (Lipinski definition) is 3. The first-order valence-electron chi connectivity index (χ1n) is 5.49. The summed E-state index contributed by atoms with van der Waals surface area (Å²) in [5.74, 6) is 0.663. The molecule has 2 rings (SSSR count). The highest BCUT2D eigenvalue weighted by Gasteiger charge is 2.02. The molecule has 92 valence electrons. The van der Waals surface area contributed by atoms with Crippen molar-refractivity contribution < 1.29 is 4.84 Å². The highest BCUT2D eigenvalue weighted by atomic mass is 79.9. The summed E-state index contributed by atoms with van der Waals surface area (Å²) in [5.41, 5.74) is 8.11. The summed E-state index contributed by atoms with van der Waals surface area (Å²) in [5, 5.41) is 4.10. The van der Waals surface area contributed by atoms with Crippen molar-refractivity contribution in [1.29, 1.82) is 0 Å². The van der Waals surface area contributed by atoms with Gasteiger partial charge in [0.25, 0.3) is 0 Å². The van der Waals surface area contributed by atoms with E-state index in [2.05, 4.69) is 21.1 Å². The predicted molar refractivity (Wildman–Crippen MR) is 77.8 cm³/mol. The third kappa shape index (κ3) is 3.11. The molecule has 0 aliphatic rings. The number of anilines is 1. The normalized spacial score (nSPS) is 11.3. The van der Waals surface area contributed by atoms with E-state index in [0.29, 0.717) is 11.4 Å². The SMILES string of the molecule is C/C(=N\Oc1ccc(N)cc1)c1ccccc1Br. The van der Waals surface area contributed by atoms with Crippen molar-refractivity contribution in [2.24, 2.45) is 5.16 Å². The van der Waals surface area contributed by atoms with Gasteiger partial charge in [-0.2, -0.15) is 0 Å². The molecule has 0 aliphatic heterocycles. The molecule has 0 saturated heterocycles. The van der Waals surface area contributed by atoms with Crippen LogP contribution in [0.25, 0.3) is 0 Å². The standard InChI is InChI=1S/C14H13BrN2O/c1-10(13-4-2-3-5-14(13)15)17-18-12-8-6-11(16)7-9-12/h2-9H,16H2,1H3/b17-10+. The van der Waals surface area contributed by atoms with Gasteiger partial charge in [-0.25, -0.2) is 0 Å². The first kappa shape index (κ1) is 12.6. The molecule has 4 heteroatoms. The number of rotatable bonds is 3. The molecule has 18 heavy (non-hydrogen) atoms. The van der Waals surface area contributed by atoms with Crippen molar-refractivity contribution in [3.63, 3.8) is 0 Å². The van der Waals surface area contributed by atoms with Gasteiger partial charge >= 0.3 is 0 Å². The number of nitrogen functional groups attached to an aromatic ring is 1. The Bertz CT molecular complexity index is 564. The Balaban J connectivity index is 2.14. The minimum atomic E-state index is 0.663. The summed E-state index contributed by atoms with van der Waals surface area (Å²) in [6.07, 6.45) is 0. The van der Waals surface area contributed by atoms with Gasteiger partial charge in [-0.15, -0.1) is 0 Å². The fourth-order valence-electron chi connectivity index (χ4n) is 1.45. The number of halogens is 1. The molecule has 2 N–H and O–H groups in total. The smallest absolute Gasteiger partial charge is 0.158 e. The molecule has 0 bridgehead atoms. The third-order valence-corrected chi connectivity index (χ3v) is 3.12. The highest BCUT2D eigenvalue weighted by Crippen LogP contribution is 2.18. The lowest BCUT2D eigenvalue weighted by Gasteiger charge is -2.04. The Morgan fingerprint density at radius 1 is 1.11 bits per heavy atom. The van der Waals surface area contributed by atoms with Crippen LogP contribution in [0.4, 0.5) is 5.69 Å². The quantitative estimate of drug-likeness (QED) is 0.532. The third-order valence-electron chi connectivity index (χ3n) is 2.43. The summed E-state index contributed by atoms with van der Waals surface area (Å²) in [6.45, 7) is 1.90. The number of hydrogen-bond donors (Lipinski definition) is 1. The van der Waals surface area contributed by atoms with Crippen molar-refractivity contribution in [3.05, 3.63) is 58.6 Å². The maximum atomic E-state index is 5.60. The fraction of sp³-hybridized carbons (Fsp3) is 0.0714. The molecule has 3 nitrogen and oxygen atoms in total. The van der Waals surface area contributed by atoms with E-state index < -0.39 is 0 Å². The largest absolute Gasteiger partial charge is 0.399 e. The number of benzene rings is 2. The Labute approximate surface area is 114 Å². The molecule has 0 radical (unpaired) electrons. The van der Waals surface area contributed by atoms with Gasteiger partial charge in [-0.05, 0) is 37.3 Å². The van der Waals surface area contributed by atoms with Crippen LogP contribution < -0.4 is 10.6 Å². The van der Waals surface area contributed by atoms with E-state index in [0.717, 1.165) is 15.7 Å². The second kappa shape index (κ2) is 5.69. The lowest BCUT2D eigenvalue weighted by atomic mass is 10.1. The van der Waals surface area contributed by atoms with Crippen LogP contribution in [0.5, 0.6) is 5.75 Å². The molecule has 0 unspecified atom stereocenters. The lowest BCUT2D eigenvalue weighted by Crippen LogP contribution is -1.98. The topological polar surface area (TPSA) is 47.6 Å². The van der Waals surface area contributed by atoms with E-state index >= 15 is 0 Å². The van der Waals surface area contributed by atoms with Crippen LogP contribution in [-0.2, 0) is 0 Å². The maximum Gasteiger partial charge on any atom is 0.158 e. The van der Waals surface area contributed by atoms with Crippen molar-refractivity contribution in [2.75, 3.05) is 5.73 Å². The zero-order valence-corrected chi connectivity index (χ0v) is 11.5. The lowest BCUT2D eigenvalue weighted by molar-refractivity contribution is 0.341. The molecule has 0 heterocycles. The molecule has 0 fully saturated rings. The zero-order valence-electron chi connectivity index (χ0n) is 9.93. The van der Waals surface area contributed by atoms with Crippen molar-refractivity contribution >= 4 is 27.3 Å². The number of nitrogens with two attached hydrogens (primary N) is 1. The van der Waals surface area contributed by atoms with Crippen LogP contribution in [0.1, 0.15) is 12.5 Å². The number of nitrogens with zero attached hydrogens (tertiary/aromatic N) is 1. The van der Waals surface area contributed by atoms with Crippen molar-refractivity contribution in [1.82, 2.24) is 0 Å². The minimum absolute atomic E-state index is 0.663. The van der Waals surface area contributed by atoms with Crippen molar-refractivity contribution in [2.45, 2.75) is 6.92 Å². The van der Waals surface area contributed by atoms with E-state index in [1.807, 2.05) is 31.2 Å². The van der Waals surface area contributed by atoms with Gasteiger partial charge in [0.05, 0.1) is 5.71 Å². The molecular weight excluding hydrogens is 292 g/mol. The van der Waals surface area contributed by atoms with Gasteiger partial charge < -0.3 is 10.6 Å². The predicted octanol–water partition coefficient (Wildman–Crippen LogP) is 3.83. The summed E-state index contributed by atoms with van der Waals surface area (Å²) >= 11 is 3.48. The van der Waals surface area contributed by atoms with E-state index in [1.54, 1.807) is 24.3 Å². The Morgan fingerprint density at radius 2 is 1.78 bits per heavy atom. The summed E-state index contributed by atoms with van der Waals surface area (Å²) in [4.78, 5) is 5.34. The van der Waals surface area contributed by atoms with Crippen LogP contribution in [0.15, 0.2) is 58.2 Å². The van der Waals surface area contributed by atoms with Gasteiger partial charge in [0.2, 0.25) is 0 Å². The van der Waals surface area contributed by atoms with Crippen LogP contribution in [-0.4, -0.2) is 5.71 Å². The molecule has 0 amide bonds. The van der Waals surface area contributed by atoms with Gasteiger partial charge in [-0.3, -0.25) is 0 Å². The second-order valence-corrected chi connectivity index (χ2v) is 4.67. The van der Waals surface area contributed by atoms with Gasteiger partial charge in [-0.1, -0.05) is 39.3 Å². The van der Waals surface area contributed by atoms with Crippen LogP contribution in [0.2, 0.25) is 0 Å². The molecule has 0 aliphatic carbocycles. The molecule has 2 aromatic rings. The Morgan fingerprint density at radius 3 is 2.44 bits per heavy atom. The van der Waals surface area contributed by atoms with Gasteiger partial charge in [0, 0.05) is 15.7 Å². The van der Waals surface area contributed by atoms with Crippen LogP contribution in [0, 0.1) is 0 Å². The molecule has 0 atom stereocenters. The van der Waals surface area contributed by atoms with E-state index in [1.165, 1.54) is 0 Å². The van der Waals surface area contributed by atoms with Gasteiger partial charge in [0.1, 0.15) is 0 Å². The minimum Gasteiger partial charge on any atom is -0.399 e. The second-order valence-electron chi connectivity index (χ2n) is 3.82. The summed E-state index contributed by atoms with van der Waals surface area (Å²) in [6, 6.07) is 15.0. The summed E-state index contributed by atoms with van der Waals surface area (Å²) in [7, 11) is 0. The molecule has 0 aromatic heterocycles. The van der Waals surface area contributed by atoms with Gasteiger partial charge in [0.15, 0.2) is 5.75 Å². The monoisotopic (exact) mass is 304 g/mol. The van der Waals surface area contributed by atoms with Crippen LogP contribution in [0.3, 0.4) is 0 Å². The Kier molecular flexibility index (Phi) is 3.99. The molecule has 0 saturated carbocycles. The number of oxime groups is 1. The molecule has 0 spiro atoms. The Hall–Kier alpha value is -1.81. The zero-order chi connectivity index (χ0) is 13.0. The molecule has 2 aromatic carbocycles. The van der Waals surface area contributed by atoms with E-state index in [4.69, 9.17) is 10.6 Å². The van der Waals surface area contributed by atoms with E-state index in [-0.39, 0.29) is 0 Å². The molecular formula is C14H13BrN2O. The average Bonchev–Trinajstić information content (AvgIpc) is 2.38. The fourth-order valence-corrected chi connectivity index (χ4v) is 2.03. The average molecular weight is 305 g/mol. The first-order chi connectivity index (χ1) is 8.66. The van der Waals surface area contributed by atoms with Crippen LogP contribution >= 0.6 is 15.9 Å². The highest BCUT2D eigenvalue weighted by molar-refractivity contribution is 9.10. The first-order valence-corrected chi connectivity index (χ1v) is 6.28. The maximum absolute atomic E-state index is 5.60. The van der Waals surface area contributed by atoms with Crippen molar-refractivity contribution in [3.8, 4) is 5.75 Å². The summed E-state index contributed by atoms with van der Waals surface area (Å²) < 4.78 is 0.993.